The number of aromatic nitrogens is 2. The molecule has 0 aliphatic heterocycles. The van der Waals surface area contributed by atoms with Gasteiger partial charge in [0.1, 0.15) is 5.82 Å². The lowest BCUT2D eigenvalue weighted by Crippen LogP contribution is -1.89. The Morgan fingerprint density at radius 1 is 1.13 bits per heavy atom. The number of hydrogen-bond donors (Lipinski definition) is 0. The van der Waals surface area contributed by atoms with Crippen molar-refractivity contribution in [1.29, 1.82) is 5.26 Å². The SMILES string of the molecule is Cc1nccc(-c2ccc(C#N)cc2)n1. The Labute approximate surface area is 88.1 Å². The third kappa shape index (κ3) is 2.00. The van der Waals surface area contributed by atoms with Gasteiger partial charge in [0.05, 0.1) is 17.3 Å². The molecule has 0 aliphatic carbocycles. The lowest BCUT2D eigenvalue weighted by Gasteiger charge is -2.00. The summed E-state index contributed by atoms with van der Waals surface area (Å²) in [6.07, 6.45) is 1.73. The van der Waals surface area contributed by atoms with Gasteiger partial charge in [-0.15, -0.1) is 0 Å². The fourth-order valence-electron chi connectivity index (χ4n) is 1.33. The first-order valence-corrected chi connectivity index (χ1v) is 4.60. The van der Waals surface area contributed by atoms with E-state index in [1.54, 1.807) is 18.3 Å². The summed E-state index contributed by atoms with van der Waals surface area (Å²) < 4.78 is 0. The van der Waals surface area contributed by atoms with Crippen LogP contribution >= 0.6 is 0 Å². The van der Waals surface area contributed by atoms with Crippen LogP contribution in [0.1, 0.15) is 11.4 Å². The fraction of sp³-hybridized carbons (Fsp3) is 0.0833. The van der Waals surface area contributed by atoms with Gasteiger partial charge in [-0.05, 0) is 25.1 Å². The second kappa shape index (κ2) is 3.89. The van der Waals surface area contributed by atoms with E-state index >= 15 is 0 Å². The Balaban J connectivity index is 2.42. The van der Waals surface area contributed by atoms with E-state index in [4.69, 9.17) is 5.26 Å². The van der Waals surface area contributed by atoms with Crippen molar-refractivity contribution in [3.05, 3.63) is 47.9 Å². The molecule has 0 amide bonds. The van der Waals surface area contributed by atoms with Crippen LogP contribution in [0, 0.1) is 18.3 Å². The van der Waals surface area contributed by atoms with Crippen LogP contribution in [-0.4, -0.2) is 9.97 Å². The summed E-state index contributed by atoms with van der Waals surface area (Å²) in [5, 5.41) is 8.67. The highest BCUT2D eigenvalue weighted by molar-refractivity contribution is 5.59. The van der Waals surface area contributed by atoms with Gasteiger partial charge < -0.3 is 0 Å². The van der Waals surface area contributed by atoms with Crippen molar-refractivity contribution in [1.82, 2.24) is 9.97 Å². The van der Waals surface area contributed by atoms with Gasteiger partial charge in [-0.2, -0.15) is 5.26 Å². The van der Waals surface area contributed by atoms with Gasteiger partial charge in [-0.3, -0.25) is 0 Å². The molecule has 0 spiro atoms. The zero-order valence-electron chi connectivity index (χ0n) is 8.31. The van der Waals surface area contributed by atoms with E-state index in [1.807, 2.05) is 25.1 Å². The molecule has 72 valence electrons. The quantitative estimate of drug-likeness (QED) is 0.701. The molecule has 1 heterocycles. The number of nitrogens with zero attached hydrogens (tertiary/aromatic N) is 3. The van der Waals surface area contributed by atoms with Crippen LogP contribution in [0.15, 0.2) is 36.5 Å². The Morgan fingerprint density at radius 2 is 1.87 bits per heavy atom. The molecule has 3 heteroatoms. The van der Waals surface area contributed by atoms with E-state index in [9.17, 15) is 0 Å². The van der Waals surface area contributed by atoms with Crippen LogP contribution < -0.4 is 0 Å². The number of aryl methyl sites for hydroxylation is 1. The van der Waals surface area contributed by atoms with Crippen LogP contribution in [0.2, 0.25) is 0 Å². The summed E-state index contributed by atoms with van der Waals surface area (Å²) in [7, 11) is 0. The minimum Gasteiger partial charge on any atom is -0.242 e. The van der Waals surface area contributed by atoms with Crippen molar-refractivity contribution in [3.63, 3.8) is 0 Å². The van der Waals surface area contributed by atoms with Crippen molar-refractivity contribution >= 4 is 0 Å². The lowest BCUT2D eigenvalue weighted by molar-refractivity contribution is 1.06. The lowest BCUT2D eigenvalue weighted by atomic mass is 10.1. The molecule has 3 nitrogen and oxygen atoms in total. The molecule has 0 fully saturated rings. The molecule has 0 unspecified atom stereocenters. The molecule has 0 saturated carbocycles. The normalized spacial score (nSPS) is 9.60. The van der Waals surface area contributed by atoms with Gasteiger partial charge in [0.15, 0.2) is 0 Å². The standard InChI is InChI=1S/C12H9N3/c1-9-14-7-6-12(15-9)11-4-2-10(8-13)3-5-11/h2-7H,1H3. The molecule has 2 aromatic rings. The molecule has 2 rings (SSSR count). The number of nitriles is 1. The van der Waals surface area contributed by atoms with Gasteiger partial charge in [0, 0.05) is 11.8 Å². The zero-order valence-corrected chi connectivity index (χ0v) is 8.31. The van der Waals surface area contributed by atoms with E-state index in [0.717, 1.165) is 17.1 Å². The average Bonchev–Trinajstić information content (AvgIpc) is 2.29. The zero-order chi connectivity index (χ0) is 10.7. The summed E-state index contributed by atoms with van der Waals surface area (Å²) in [6, 6.07) is 11.3. The topological polar surface area (TPSA) is 49.6 Å². The molecule has 1 aromatic heterocycles. The average molecular weight is 195 g/mol. The molecular formula is C12H9N3. The predicted molar refractivity (Wildman–Crippen MR) is 56.9 cm³/mol. The third-order valence-electron chi connectivity index (χ3n) is 2.09. The summed E-state index contributed by atoms with van der Waals surface area (Å²) >= 11 is 0. The summed E-state index contributed by atoms with van der Waals surface area (Å²) in [5.41, 5.74) is 2.54. The molecule has 0 aliphatic rings. The van der Waals surface area contributed by atoms with Crippen molar-refractivity contribution < 1.29 is 0 Å². The Kier molecular flexibility index (Phi) is 2.42. The Morgan fingerprint density at radius 3 is 2.47 bits per heavy atom. The van der Waals surface area contributed by atoms with Gasteiger partial charge in [0.25, 0.3) is 0 Å². The van der Waals surface area contributed by atoms with E-state index in [-0.39, 0.29) is 0 Å². The van der Waals surface area contributed by atoms with Crippen molar-refractivity contribution in [2.45, 2.75) is 6.92 Å². The maximum absolute atomic E-state index is 8.67. The van der Waals surface area contributed by atoms with Crippen molar-refractivity contribution in [3.8, 4) is 17.3 Å². The summed E-state index contributed by atoms with van der Waals surface area (Å²) in [6.45, 7) is 1.85. The van der Waals surface area contributed by atoms with Crippen LogP contribution in [-0.2, 0) is 0 Å². The van der Waals surface area contributed by atoms with Gasteiger partial charge >= 0.3 is 0 Å². The third-order valence-corrected chi connectivity index (χ3v) is 2.09. The second-order valence-electron chi connectivity index (χ2n) is 3.18. The van der Waals surface area contributed by atoms with Crippen LogP contribution in [0.4, 0.5) is 0 Å². The minimum absolute atomic E-state index is 0.657. The number of hydrogen-bond acceptors (Lipinski definition) is 3. The Hall–Kier alpha value is -2.21. The van der Waals surface area contributed by atoms with E-state index < -0.39 is 0 Å². The van der Waals surface area contributed by atoms with Gasteiger partial charge in [0.2, 0.25) is 0 Å². The van der Waals surface area contributed by atoms with Gasteiger partial charge in [-0.25, -0.2) is 9.97 Å². The Bertz CT molecular complexity index is 509. The van der Waals surface area contributed by atoms with Crippen LogP contribution in [0.5, 0.6) is 0 Å². The molecule has 0 radical (unpaired) electrons. The van der Waals surface area contributed by atoms with Crippen LogP contribution in [0.25, 0.3) is 11.3 Å². The van der Waals surface area contributed by atoms with Crippen LogP contribution in [0.3, 0.4) is 0 Å². The maximum atomic E-state index is 8.67. The smallest absolute Gasteiger partial charge is 0.125 e. The molecule has 0 saturated heterocycles. The first-order chi connectivity index (χ1) is 7.29. The van der Waals surface area contributed by atoms with E-state index in [2.05, 4.69) is 16.0 Å². The van der Waals surface area contributed by atoms with Gasteiger partial charge in [-0.1, -0.05) is 12.1 Å². The maximum Gasteiger partial charge on any atom is 0.125 e. The molecule has 0 atom stereocenters. The molecule has 1 aromatic carbocycles. The first kappa shape index (κ1) is 9.35. The minimum atomic E-state index is 0.657. The molecule has 15 heavy (non-hydrogen) atoms. The fourth-order valence-corrected chi connectivity index (χ4v) is 1.33. The predicted octanol–water partition coefficient (Wildman–Crippen LogP) is 2.32. The van der Waals surface area contributed by atoms with E-state index in [1.165, 1.54) is 0 Å². The number of rotatable bonds is 1. The highest BCUT2D eigenvalue weighted by atomic mass is 14.9. The largest absolute Gasteiger partial charge is 0.242 e. The monoisotopic (exact) mass is 195 g/mol. The van der Waals surface area contributed by atoms with E-state index in [0.29, 0.717) is 5.56 Å². The van der Waals surface area contributed by atoms with Crippen molar-refractivity contribution in [2.75, 3.05) is 0 Å². The highest BCUT2D eigenvalue weighted by Crippen LogP contribution is 2.16. The highest BCUT2D eigenvalue weighted by Gasteiger charge is 1.99. The molecule has 0 bridgehead atoms. The van der Waals surface area contributed by atoms with Crippen molar-refractivity contribution in [2.24, 2.45) is 0 Å². The summed E-state index contributed by atoms with van der Waals surface area (Å²) in [5.74, 6) is 0.747. The number of benzene rings is 1. The molecular weight excluding hydrogens is 186 g/mol. The molecule has 0 N–H and O–H groups in total. The second-order valence-corrected chi connectivity index (χ2v) is 3.18. The first-order valence-electron chi connectivity index (χ1n) is 4.60. The summed E-state index contributed by atoms with van der Waals surface area (Å²) in [4.78, 5) is 8.34.